The number of thiazole rings is 1. The number of hydrogen-bond acceptors (Lipinski definition) is 4. The minimum absolute atomic E-state index is 0.287. The van der Waals surface area contributed by atoms with Crippen LogP contribution in [0.3, 0.4) is 0 Å². The molecule has 0 spiro atoms. The number of amides is 1. The van der Waals surface area contributed by atoms with Gasteiger partial charge in [-0.1, -0.05) is 52.7 Å². The van der Waals surface area contributed by atoms with Gasteiger partial charge in [-0.3, -0.25) is 10.1 Å². The van der Waals surface area contributed by atoms with Crippen molar-refractivity contribution in [2.24, 2.45) is 0 Å². The van der Waals surface area contributed by atoms with Crippen LogP contribution in [0.1, 0.15) is 21.5 Å². The third-order valence-electron chi connectivity index (χ3n) is 4.47. The first-order valence-electron chi connectivity index (χ1n) is 7.70. The van der Waals surface area contributed by atoms with E-state index in [2.05, 4.69) is 34.6 Å². The second kappa shape index (κ2) is 5.68. The second-order valence-corrected chi connectivity index (χ2v) is 9.25. The summed E-state index contributed by atoms with van der Waals surface area (Å²) in [7, 11) is 0. The number of rotatable bonds is 2. The lowest BCUT2D eigenvalue weighted by Gasteiger charge is -2.02. The fraction of sp³-hybridized carbons (Fsp3) is 0.111. The summed E-state index contributed by atoms with van der Waals surface area (Å²) in [5.74, 6) is -0.287. The Morgan fingerprint density at radius 2 is 1.96 bits per heavy atom. The number of nitrogens with zero attached hydrogens (tertiary/aromatic N) is 1. The van der Waals surface area contributed by atoms with Crippen molar-refractivity contribution in [3.8, 4) is 0 Å². The lowest BCUT2D eigenvalue weighted by atomic mass is 10.0. The summed E-state index contributed by atoms with van der Waals surface area (Å²) in [4.78, 5) is 17.1. The maximum atomic E-state index is 12.4. The van der Waals surface area contributed by atoms with Gasteiger partial charge in [-0.2, -0.15) is 0 Å². The van der Waals surface area contributed by atoms with Gasteiger partial charge >= 0.3 is 0 Å². The van der Waals surface area contributed by atoms with Crippen LogP contribution in [0.5, 0.6) is 0 Å². The lowest BCUT2D eigenvalue weighted by Crippen LogP contribution is -2.10. The second-order valence-electron chi connectivity index (χ2n) is 5.93. The number of thiophene rings is 1. The summed E-state index contributed by atoms with van der Waals surface area (Å²) < 4.78 is 1.96. The molecule has 0 radical (unpaired) electrons. The van der Waals surface area contributed by atoms with Gasteiger partial charge in [-0.25, -0.2) is 4.98 Å². The summed E-state index contributed by atoms with van der Waals surface area (Å²) >= 11 is 14.7. The number of carbonyl (C=O) groups excluding carboxylic acids is 1. The Labute approximate surface area is 161 Å². The van der Waals surface area contributed by atoms with Gasteiger partial charge < -0.3 is 0 Å². The van der Waals surface area contributed by atoms with Crippen LogP contribution in [-0.2, 0) is 12.8 Å². The van der Waals surface area contributed by atoms with Gasteiger partial charge in [0.15, 0.2) is 5.13 Å². The summed E-state index contributed by atoms with van der Waals surface area (Å²) in [6.45, 7) is 0. The zero-order valence-electron chi connectivity index (χ0n) is 12.7. The Kier molecular flexibility index (Phi) is 3.54. The molecule has 0 fully saturated rings. The van der Waals surface area contributed by atoms with E-state index in [0.717, 1.165) is 28.4 Å². The number of fused-ring (bicyclic) bond motifs is 2. The topological polar surface area (TPSA) is 42.0 Å². The zero-order valence-corrected chi connectivity index (χ0v) is 15.9. The monoisotopic (exact) mass is 404 g/mol. The summed E-state index contributed by atoms with van der Waals surface area (Å²) in [6, 6.07) is 10.2. The summed E-state index contributed by atoms with van der Waals surface area (Å²) in [5.41, 5.74) is 4.07. The fourth-order valence-corrected chi connectivity index (χ4v) is 5.82. The molecular weight excluding hydrogens is 395 g/mol. The highest BCUT2D eigenvalue weighted by atomic mass is 35.5. The van der Waals surface area contributed by atoms with Crippen molar-refractivity contribution in [2.75, 3.05) is 5.32 Å². The van der Waals surface area contributed by atoms with Crippen molar-refractivity contribution in [2.45, 2.75) is 12.8 Å². The standard InChI is InChI=1S/C18H10Cl2N2OS2/c19-13-7-11(16(20)25-13)17(23)22-18-21-15-10-3-1-2-8-4-5-9(14(8)10)6-12(15)24-18/h1-3,6-7H,4-5H2,(H,21,22,23). The molecule has 0 saturated carbocycles. The normalized spacial score (nSPS) is 13.0. The van der Waals surface area contributed by atoms with Crippen molar-refractivity contribution in [3.05, 3.63) is 55.7 Å². The Morgan fingerprint density at radius 1 is 1.12 bits per heavy atom. The van der Waals surface area contributed by atoms with E-state index in [-0.39, 0.29) is 5.91 Å². The summed E-state index contributed by atoms with van der Waals surface area (Å²) in [6.07, 6.45) is 2.15. The molecular formula is C18H10Cl2N2OS2. The van der Waals surface area contributed by atoms with Crippen LogP contribution in [0.15, 0.2) is 30.3 Å². The third kappa shape index (κ3) is 2.46. The van der Waals surface area contributed by atoms with Crippen LogP contribution in [0.2, 0.25) is 8.67 Å². The molecule has 1 aliphatic rings. The number of anilines is 1. The molecule has 2 aromatic heterocycles. The number of hydrogen-bond donors (Lipinski definition) is 1. The molecule has 4 aromatic rings. The van der Waals surface area contributed by atoms with Gasteiger partial charge in [0.1, 0.15) is 4.34 Å². The van der Waals surface area contributed by atoms with Crippen molar-refractivity contribution < 1.29 is 4.79 Å². The molecule has 5 rings (SSSR count). The first-order chi connectivity index (χ1) is 12.1. The van der Waals surface area contributed by atoms with Gasteiger partial charge in [0.25, 0.3) is 5.91 Å². The van der Waals surface area contributed by atoms with E-state index < -0.39 is 0 Å². The molecule has 1 aliphatic carbocycles. The number of halogens is 2. The minimum Gasteiger partial charge on any atom is -0.298 e. The molecule has 2 heterocycles. The fourth-order valence-electron chi connectivity index (χ4n) is 3.42. The molecule has 7 heteroatoms. The van der Waals surface area contributed by atoms with Crippen LogP contribution in [0.25, 0.3) is 21.0 Å². The van der Waals surface area contributed by atoms with Crippen molar-refractivity contribution in [1.29, 1.82) is 0 Å². The molecule has 0 saturated heterocycles. The smallest absolute Gasteiger partial charge is 0.259 e. The Hall–Kier alpha value is -1.66. The van der Waals surface area contributed by atoms with E-state index in [4.69, 9.17) is 23.2 Å². The van der Waals surface area contributed by atoms with E-state index in [1.807, 2.05) is 0 Å². The molecule has 124 valence electrons. The van der Waals surface area contributed by atoms with E-state index in [1.165, 1.54) is 39.2 Å². The Bertz CT molecular complexity index is 1180. The van der Waals surface area contributed by atoms with Crippen molar-refractivity contribution in [3.63, 3.8) is 0 Å². The van der Waals surface area contributed by atoms with Crippen LogP contribution in [0, 0.1) is 0 Å². The van der Waals surface area contributed by atoms with E-state index >= 15 is 0 Å². The maximum absolute atomic E-state index is 12.4. The average molecular weight is 405 g/mol. The first-order valence-corrected chi connectivity index (χ1v) is 10.1. The molecule has 0 unspecified atom stereocenters. The molecule has 25 heavy (non-hydrogen) atoms. The van der Waals surface area contributed by atoms with Crippen LogP contribution in [-0.4, -0.2) is 10.9 Å². The van der Waals surface area contributed by atoms with Crippen molar-refractivity contribution in [1.82, 2.24) is 4.98 Å². The molecule has 1 N–H and O–H groups in total. The van der Waals surface area contributed by atoms with E-state index in [9.17, 15) is 4.79 Å². The number of benzene rings is 2. The predicted molar refractivity (Wildman–Crippen MR) is 107 cm³/mol. The SMILES string of the molecule is O=C(Nc1nc2c(cc3c4c(cccc42)CC3)s1)c1cc(Cl)sc1Cl. The van der Waals surface area contributed by atoms with E-state index in [0.29, 0.717) is 19.4 Å². The van der Waals surface area contributed by atoms with E-state index in [1.54, 1.807) is 6.07 Å². The average Bonchev–Trinajstić information content (AvgIpc) is 3.26. The molecule has 0 aliphatic heterocycles. The highest BCUT2D eigenvalue weighted by Crippen LogP contribution is 2.39. The highest BCUT2D eigenvalue weighted by molar-refractivity contribution is 7.22. The lowest BCUT2D eigenvalue weighted by molar-refractivity contribution is 0.102. The van der Waals surface area contributed by atoms with Crippen molar-refractivity contribution >= 4 is 77.9 Å². The molecule has 2 aromatic carbocycles. The van der Waals surface area contributed by atoms with Crippen LogP contribution in [0.4, 0.5) is 5.13 Å². The maximum Gasteiger partial charge on any atom is 0.259 e. The van der Waals surface area contributed by atoms with Crippen LogP contribution < -0.4 is 5.32 Å². The first kappa shape index (κ1) is 15.6. The molecule has 0 atom stereocenters. The van der Waals surface area contributed by atoms with Gasteiger partial charge in [-0.15, -0.1) is 11.3 Å². The van der Waals surface area contributed by atoms with Gasteiger partial charge in [0.2, 0.25) is 0 Å². The highest BCUT2D eigenvalue weighted by Gasteiger charge is 2.20. The molecule has 1 amide bonds. The van der Waals surface area contributed by atoms with Gasteiger partial charge in [0, 0.05) is 5.39 Å². The number of aromatic nitrogens is 1. The number of aryl methyl sites for hydroxylation is 2. The molecule has 3 nitrogen and oxygen atoms in total. The Morgan fingerprint density at radius 3 is 2.76 bits per heavy atom. The molecule has 0 bridgehead atoms. The zero-order chi connectivity index (χ0) is 17.1. The Balaban J connectivity index is 1.59. The minimum atomic E-state index is -0.287. The third-order valence-corrected chi connectivity index (χ3v) is 6.88. The van der Waals surface area contributed by atoms with Crippen LogP contribution >= 0.6 is 45.9 Å². The predicted octanol–water partition coefficient (Wildman–Crippen LogP) is 6.17. The summed E-state index contributed by atoms with van der Waals surface area (Å²) in [5, 5.41) is 5.91. The van der Waals surface area contributed by atoms with Gasteiger partial charge in [-0.05, 0) is 41.5 Å². The van der Waals surface area contributed by atoms with Gasteiger partial charge in [0.05, 0.1) is 20.1 Å². The quantitative estimate of drug-likeness (QED) is 0.433. The largest absolute Gasteiger partial charge is 0.298 e. The number of carbonyl (C=O) groups is 1. The number of nitrogens with one attached hydrogen (secondary N) is 1.